The summed E-state index contributed by atoms with van der Waals surface area (Å²) in [7, 11) is 1.58. The van der Waals surface area contributed by atoms with Crippen molar-refractivity contribution in [2.24, 2.45) is 0 Å². The summed E-state index contributed by atoms with van der Waals surface area (Å²) in [6.45, 7) is 3.14. The molecule has 0 N–H and O–H groups in total. The molecule has 31 heavy (non-hydrogen) atoms. The van der Waals surface area contributed by atoms with E-state index in [1.54, 1.807) is 25.6 Å². The van der Waals surface area contributed by atoms with Gasteiger partial charge >= 0.3 is 0 Å². The maximum atomic E-state index is 14.2. The summed E-state index contributed by atoms with van der Waals surface area (Å²) in [5, 5.41) is 9.35. The van der Waals surface area contributed by atoms with Gasteiger partial charge in [0.05, 0.1) is 37.3 Å². The lowest BCUT2D eigenvalue weighted by Crippen LogP contribution is -2.55. The second-order valence-electron chi connectivity index (χ2n) is 7.89. The third kappa shape index (κ3) is 3.57. The van der Waals surface area contributed by atoms with Crippen LogP contribution in [-0.2, 0) is 23.4 Å². The average molecular weight is 415 g/mol. The summed E-state index contributed by atoms with van der Waals surface area (Å²) in [6, 6.07) is 17.5. The number of rotatable bonds is 7. The molecule has 6 heteroatoms. The van der Waals surface area contributed by atoms with Crippen molar-refractivity contribution in [1.29, 1.82) is 5.26 Å². The third-order valence-corrected chi connectivity index (χ3v) is 6.00. The zero-order chi connectivity index (χ0) is 21.8. The Kier molecular flexibility index (Phi) is 5.77. The number of unbranched alkanes of at least 4 members (excludes halogenated alkanes) is 1. The lowest BCUT2D eigenvalue weighted by Gasteiger charge is -2.44. The van der Waals surface area contributed by atoms with Gasteiger partial charge in [-0.1, -0.05) is 56.2 Å². The SMILES string of the molecule is CCCCC1(c2ccc(C#N)cc2OC)C(=O)N(Cc2ccccc2)Cc2cncn21. The van der Waals surface area contributed by atoms with E-state index in [0.717, 1.165) is 29.7 Å². The normalized spacial score (nSPS) is 17.8. The number of fused-ring (bicyclic) bond motifs is 1. The Morgan fingerprint density at radius 3 is 2.74 bits per heavy atom. The van der Waals surface area contributed by atoms with Gasteiger partial charge in [-0.15, -0.1) is 0 Å². The molecule has 0 saturated carbocycles. The third-order valence-electron chi connectivity index (χ3n) is 6.00. The summed E-state index contributed by atoms with van der Waals surface area (Å²) >= 11 is 0. The van der Waals surface area contributed by atoms with Crippen molar-refractivity contribution < 1.29 is 9.53 Å². The maximum absolute atomic E-state index is 14.2. The lowest BCUT2D eigenvalue weighted by atomic mass is 9.80. The average Bonchev–Trinajstić information content (AvgIpc) is 3.28. The number of hydrogen-bond acceptors (Lipinski definition) is 4. The number of hydrogen-bond donors (Lipinski definition) is 0. The Bertz CT molecular complexity index is 1120. The molecule has 3 aromatic rings. The van der Waals surface area contributed by atoms with Gasteiger partial charge < -0.3 is 14.2 Å². The summed E-state index contributed by atoms with van der Waals surface area (Å²) in [5.74, 6) is 0.572. The van der Waals surface area contributed by atoms with Crippen molar-refractivity contribution in [3.8, 4) is 11.8 Å². The van der Waals surface area contributed by atoms with Gasteiger partial charge in [-0.05, 0) is 24.1 Å². The van der Waals surface area contributed by atoms with Gasteiger partial charge in [0, 0.05) is 18.3 Å². The first-order valence-electron chi connectivity index (χ1n) is 10.6. The number of nitriles is 1. The first kappa shape index (κ1) is 20.7. The summed E-state index contributed by atoms with van der Waals surface area (Å²) < 4.78 is 7.69. The Labute approximate surface area is 182 Å². The molecule has 1 aromatic heterocycles. The van der Waals surface area contributed by atoms with Crippen molar-refractivity contribution in [3.05, 3.63) is 83.4 Å². The monoisotopic (exact) mass is 414 g/mol. The van der Waals surface area contributed by atoms with Gasteiger partial charge in [-0.25, -0.2) is 4.98 Å². The standard InChI is InChI=1S/C25H26N4O2/c1-3-4-12-25(22-11-10-20(14-26)13-23(22)31-2)24(30)28(16-19-8-6-5-7-9-19)17-21-15-27-18-29(21)25/h5-11,13,15,18H,3-4,12,16-17H2,1-2H3. The Hall–Kier alpha value is -3.59. The number of amides is 1. The zero-order valence-electron chi connectivity index (χ0n) is 17.9. The fourth-order valence-corrected chi connectivity index (χ4v) is 4.49. The number of imidazole rings is 1. The number of nitrogens with zero attached hydrogens (tertiary/aromatic N) is 4. The van der Waals surface area contributed by atoms with Crippen LogP contribution in [0.1, 0.15) is 48.6 Å². The molecule has 2 aromatic carbocycles. The fraction of sp³-hybridized carbons (Fsp3) is 0.320. The van der Waals surface area contributed by atoms with Crippen molar-refractivity contribution in [2.45, 2.75) is 44.8 Å². The number of ether oxygens (including phenoxy) is 1. The highest BCUT2D eigenvalue weighted by Crippen LogP contribution is 2.43. The molecule has 2 heterocycles. The molecule has 0 radical (unpaired) electrons. The number of methoxy groups -OCH3 is 1. The molecule has 0 fully saturated rings. The fourth-order valence-electron chi connectivity index (χ4n) is 4.49. The largest absolute Gasteiger partial charge is 0.496 e. The molecule has 0 bridgehead atoms. The molecular formula is C25H26N4O2. The van der Waals surface area contributed by atoms with E-state index in [1.165, 1.54) is 0 Å². The van der Waals surface area contributed by atoms with Crippen LogP contribution in [0.5, 0.6) is 5.75 Å². The van der Waals surface area contributed by atoms with E-state index >= 15 is 0 Å². The van der Waals surface area contributed by atoms with Gasteiger partial charge in [0.1, 0.15) is 5.75 Å². The van der Waals surface area contributed by atoms with E-state index in [4.69, 9.17) is 4.74 Å². The van der Waals surface area contributed by atoms with Crippen molar-refractivity contribution in [3.63, 3.8) is 0 Å². The Morgan fingerprint density at radius 2 is 2.03 bits per heavy atom. The van der Waals surface area contributed by atoms with Crippen LogP contribution >= 0.6 is 0 Å². The van der Waals surface area contributed by atoms with E-state index in [2.05, 4.69) is 18.0 Å². The van der Waals surface area contributed by atoms with Crippen LogP contribution < -0.4 is 4.74 Å². The molecule has 6 nitrogen and oxygen atoms in total. The smallest absolute Gasteiger partial charge is 0.254 e. The number of carbonyl (C=O) groups excluding carboxylic acids is 1. The Morgan fingerprint density at radius 1 is 1.23 bits per heavy atom. The van der Waals surface area contributed by atoms with Gasteiger partial charge in [0.2, 0.25) is 0 Å². The highest BCUT2D eigenvalue weighted by molar-refractivity contribution is 5.90. The minimum atomic E-state index is -0.964. The van der Waals surface area contributed by atoms with E-state index in [9.17, 15) is 10.1 Å². The van der Waals surface area contributed by atoms with Gasteiger partial charge in [-0.2, -0.15) is 5.26 Å². The minimum Gasteiger partial charge on any atom is -0.496 e. The van der Waals surface area contributed by atoms with Gasteiger partial charge in [0.15, 0.2) is 5.54 Å². The Balaban J connectivity index is 1.89. The molecule has 0 saturated heterocycles. The molecule has 1 aliphatic heterocycles. The van der Waals surface area contributed by atoms with E-state index in [1.807, 2.05) is 52.1 Å². The maximum Gasteiger partial charge on any atom is 0.254 e. The number of aromatic nitrogens is 2. The molecule has 0 aliphatic carbocycles. The van der Waals surface area contributed by atoms with Crippen molar-refractivity contribution in [1.82, 2.24) is 14.5 Å². The summed E-state index contributed by atoms with van der Waals surface area (Å²) in [5.41, 5.74) is 2.37. The summed E-state index contributed by atoms with van der Waals surface area (Å²) in [6.07, 6.45) is 6.03. The van der Waals surface area contributed by atoms with Crippen molar-refractivity contribution in [2.75, 3.05) is 7.11 Å². The van der Waals surface area contributed by atoms with Crippen LogP contribution in [0, 0.1) is 11.3 Å². The number of benzene rings is 2. The molecule has 1 unspecified atom stereocenters. The van der Waals surface area contributed by atoms with Gasteiger partial charge in [-0.3, -0.25) is 4.79 Å². The van der Waals surface area contributed by atoms with E-state index < -0.39 is 5.54 Å². The van der Waals surface area contributed by atoms with Crippen LogP contribution in [0.2, 0.25) is 0 Å². The highest BCUT2D eigenvalue weighted by Gasteiger charge is 2.49. The minimum absolute atomic E-state index is 0.0262. The van der Waals surface area contributed by atoms with Crippen LogP contribution in [0.25, 0.3) is 0 Å². The zero-order valence-corrected chi connectivity index (χ0v) is 17.9. The topological polar surface area (TPSA) is 71.2 Å². The molecule has 4 rings (SSSR count). The lowest BCUT2D eigenvalue weighted by molar-refractivity contribution is -0.143. The van der Waals surface area contributed by atoms with Crippen molar-refractivity contribution >= 4 is 5.91 Å². The van der Waals surface area contributed by atoms with E-state index in [0.29, 0.717) is 30.8 Å². The highest BCUT2D eigenvalue weighted by atomic mass is 16.5. The molecule has 0 spiro atoms. The van der Waals surface area contributed by atoms with Gasteiger partial charge in [0.25, 0.3) is 5.91 Å². The summed E-state index contributed by atoms with van der Waals surface area (Å²) in [4.78, 5) is 20.5. The van der Waals surface area contributed by atoms with Crippen LogP contribution in [0.3, 0.4) is 0 Å². The quantitative estimate of drug-likeness (QED) is 0.580. The molecule has 1 atom stereocenters. The second kappa shape index (κ2) is 8.65. The van der Waals surface area contributed by atoms with E-state index in [-0.39, 0.29) is 5.91 Å². The molecule has 1 amide bonds. The molecule has 158 valence electrons. The predicted molar refractivity (Wildman–Crippen MR) is 117 cm³/mol. The van der Waals surface area contributed by atoms with Crippen LogP contribution in [0.4, 0.5) is 0 Å². The first-order chi connectivity index (χ1) is 15.1. The predicted octanol–water partition coefficient (Wildman–Crippen LogP) is 4.24. The first-order valence-corrected chi connectivity index (χ1v) is 10.6. The molecular weight excluding hydrogens is 388 g/mol. The number of carbonyl (C=O) groups is 1. The van der Waals surface area contributed by atoms with Crippen LogP contribution in [-0.4, -0.2) is 27.5 Å². The second-order valence-corrected chi connectivity index (χ2v) is 7.89. The molecule has 1 aliphatic rings. The van der Waals surface area contributed by atoms with Crippen LogP contribution in [0.15, 0.2) is 61.1 Å².